The van der Waals surface area contributed by atoms with E-state index in [0.717, 1.165) is 5.82 Å². The van der Waals surface area contributed by atoms with Crippen LogP contribution in [-0.2, 0) is 0 Å². The minimum atomic E-state index is -0.458. The molecule has 3 aromatic rings. The largest absolute Gasteiger partial charge is 0.497 e. The maximum atomic E-state index is 12.3. The van der Waals surface area contributed by atoms with Crippen molar-refractivity contribution in [3.05, 3.63) is 48.8 Å². The number of carbonyl (C=O) groups excluding carboxylic acids is 1. The Hall–Kier alpha value is -3.62. The van der Waals surface area contributed by atoms with Crippen molar-refractivity contribution in [3.63, 3.8) is 0 Å². The molecule has 0 atom stereocenters. The third-order valence-electron chi connectivity index (χ3n) is 3.62. The summed E-state index contributed by atoms with van der Waals surface area (Å²) < 4.78 is 12.2. The van der Waals surface area contributed by atoms with Gasteiger partial charge in [0.2, 0.25) is 0 Å². The van der Waals surface area contributed by atoms with E-state index in [-0.39, 0.29) is 0 Å². The quantitative estimate of drug-likeness (QED) is 0.730. The molecule has 0 saturated carbocycles. The van der Waals surface area contributed by atoms with Crippen molar-refractivity contribution >= 4 is 17.5 Å². The van der Waals surface area contributed by atoms with Gasteiger partial charge in [0.15, 0.2) is 0 Å². The Morgan fingerprint density at radius 1 is 1.08 bits per heavy atom. The van der Waals surface area contributed by atoms with E-state index in [2.05, 4.69) is 25.6 Å². The monoisotopic (exact) mass is 354 g/mol. The summed E-state index contributed by atoms with van der Waals surface area (Å²) in [4.78, 5) is 24.7. The molecule has 2 aromatic heterocycles. The number of imidazole rings is 1. The predicted molar refractivity (Wildman–Crippen MR) is 96.1 cm³/mol. The number of hydrogen-bond acceptors (Lipinski definition) is 6. The molecule has 9 heteroatoms. The molecule has 0 spiro atoms. The van der Waals surface area contributed by atoms with Gasteiger partial charge >= 0.3 is 6.03 Å². The van der Waals surface area contributed by atoms with Crippen LogP contribution < -0.4 is 20.1 Å². The fourth-order valence-corrected chi connectivity index (χ4v) is 2.34. The first-order valence-corrected chi connectivity index (χ1v) is 7.73. The minimum absolute atomic E-state index is 0.355. The van der Waals surface area contributed by atoms with Crippen molar-refractivity contribution in [2.75, 3.05) is 24.9 Å². The second-order valence-electron chi connectivity index (χ2n) is 5.25. The Balaban J connectivity index is 1.74. The van der Waals surface area contributed by atoms with Gasteiger partial charge in [-0.25, -0.2) is 19.7 Å². The van der Waals surface area contributed by atoms with Crippen LogP contribution in [0.2, 0.25) is 0 Å². The molecule has 26 heavy (non-hydrogen) atoms. The Morgan fingerprint density at radius 2 is 1.92 bits per heavy atom. The summed E-state index contributed by atoms with van der Waals surface area (Å²) >= 11 is 0. The summed E-state index contributed by atoms with van der Waals surface area (Å²) in [6.45, 7) is 1.86. The maximum absolute atomic E-state index is 12.3. The number of urea groups is 1. The van der Waals surface area contributed by atoms with E-state index in [9.17, 15) is 4.79 Å². The van der Waals surface area contributed by atoms with E-state index in [1.165, 1.54) is 13.4 Å². The van der Waals surface area contributed by atoms with Crippen molar-refractivity contribution < 1.29 is 14.3 Å². The van der Waals surface area contributed by atoms with Gasteiger partial charge in [-0.3, -0.25) is 9.88 Å². The highest BCUT2D eigenvalue weighted by Gasteiger charge is 2.11. The number of aromatic nitrogens is 4. The number of hydrogen-bond donors (Lipinski definition) is 2. The van der Waals surface area contributed by atoms with Gasteiger partial charge in [-0.2, -0.15) is 0 Å². The molecule has 0 aliphatic carbocycles. The second kappa shape index (κ2) is 7.51. The van der Waals surface area contributed by atoms with E-state index in [1.54, 1.807) is 48.3 Å². The standard InChI is InChI=1S/C17H18N6O3/c1-11-18-6-7-23(11)16-9-15(19-10-20-16)22-17(24)21-13-5-4-12(25-2)8-14(13)26-3/h4-10H,1-3H3,(H2,19,20,21,22,24). The number of ether oxygens (including phenoxy) is 2. The number of methoxy groups -OCH3 is 2. The molecule has 134 valence electrons. The number of rotatable bonds is 5. The molecule has 2 N–H and O–H groups in total. The van der Waals surface area contributed by atoms with Gasteiger partial charge in [-0.15, -0.1) is 0 Å². The van der Waals surface area contributed by atoms with E-state index in [4.69, 9.17) is 9.47 Å². The molecule has 0 bridgehead atoms. The first kappa shape index (κ1) is 17.2. The molecule has 3 rings (SSSR count). The van der Waals surface area contributed by atoms with Crippen LogP contribution in [0.4, 0.5) is 16.3 Å². The number of amides is 2. The van der Waals surface area contributed by atoms with Crippen molar-refractivity contribution in [1.29, 1.82) is 0 Å². The lowest BCUT2D eigenvalue weighted by atomic mass is 10.2. The second-order valence-corrected chi connectivity index (χ2v) is 5.25. The summed E-state index contributed by atoms with van der Waals surface area (Å²) in [5.41, 5.74) is 0.505. The number of anilines is 2. The molecule has 0 fully saturated rings. The van der Waals surface area contributed by atoms with E-state index >= 15 is 0 Å². The molecule has 0 aliphatic rings. The highest BCUT2D eigenvalue weighted by atomic mass is 16.5. The van der Waals surface area contributed by atoms with Gasteiger partial charge < -0.3 is 14.8 Å². The average molecular weight is 354 g/mol. The van der Waals surface area contributed by atoms with Crippen LogP contribution in [0, 0.1) is 6.92 Å². The molecule has 2 heterocycles. The normalized spacial score (nSPS) is 10.3. The Morgan fingerprint density at radius 3 is 2.62 bits per heavy atom. The van der Waals surface area contributed by atoms with Gasteiger partial charge in [0.25, 0.3) is 0 Å². The fraction of sp³-hybridized carbons (Fsp3) is 0.176. The van der Waals surface area contributed by atoms with Crippen LogP contribution in [0.25, 0.3) is 5.82 Å². The average Bonchev–Trinajstić information content (AvgIpc) is 3.08. The highest BCUT2D eigenvalue weighted by Crippen LogP contribution is 2.29. The van der Waals surface area contributed by atoms with Crippen molar-refractivity contribution in [1.82, 2.24) is 19.5 Å². The van der Waals surface area contributed by atoms with Gasteiger partial charge in [-0.05, 0) is 19.1 Å². The molecular weight excluding hydrogens is 336 g/mol. The summed E-state index contributed by atoms with van der Waals surface area (Å²) in [5, 5.41) is 5.39. The molecule has 0 saturated heterocycles. The zero-order chi connectivity index (χ0) is 18.5. The van der Waals surface area contributed by atoms with Crippen LogP contribution in [-0.4, -0.2) is 39.8 Å². The molecule has 9 nitrogen and oxygen atoms in total. The third kappa shape index (κ3) is 3.72. The minimum Gasteiger partial charge on any atom is -0.497 e. The highest BCUT2D eigenvalue weighted by molar-refractivity contribution is 6.00. The Labute approximate surface area is 150 Å². The van der Waals surface area contributed by atoms with Gasteiger partial charge in [0.05, 0.1) is 19.9 Å². The van der Waals surface area contributed by atoms with Crippen LogP contribution in [0.15, 0.2) is 43.0 Å². The molecule has 0 unspecified atom stereocenters. The summed E-state index contributed by atoms with van der Waals surface area (Å²) in [5.74, 6) is 2.85. The number of aryl methyl sites for hydroxylation is 1. The van der Waals surface area contributed by atoms with Crippen LogP contribution in [0.1, 0.15) is 5.82 Å². The fourth-order valence-electron chi connectivity index (χ4n) is 2.34. The molecule has 2 amide bonds. The van der Waals surface area contributed by atoms with Crippen molar-refractivity contribution in [2.45, 2.75) is 6.92 Å². The summed E-state index contributed by atoms with van der Waals surface area (Å²) in [7, 11) is 3.07. The maximum Gasteiger partial charge on any atom is 0.324 e. The van der Waals surface area contributed by atoms with Crippen LogP contribution in [0.5, 0.6) is 11.5 Å². The van der Waals surface area contributed by atoms with Crippen LogP contribution >= 0.6 is 0 Å². The lowest BCUT2D eigenvalue weighted by Crippen LogP contribution is -2.20. The van der Waals surface area contributed by atoms with E-state index in [1.807, 2.05) is 6.92 Å². The lowest BCUT2D eigenvalue weighted by Gasteiger charge is -2.12. The molecule has 0 radical (unpaired) electrons. The molecule has 1 aromatic carbocycles. The van der Waals surface area contributed by atoms with Gasteiger partial charge in [0.1, 0.15) is 35.3 Å². The van der Waals surface area contributed by atoms with Gasteiger partial charge in [-0.1, -0.05) is 0 Å². The number of carbonyl (C=O) groups is 1. The van der Waals surface area contributed by atoms with Crippen LogP contribution in [0.3, 0.4) is 0 Å². The third-order valence-corrected chi connectivity index (χ3v) is 3.62. The van der Waals surface area contributed by atoms with E-state index < -0.39 is 6.03 Å². The van der Waals surface area contributed by atoms with Crippen molar-refractivity contribution in [3.8, 4) is 17.3 Å². The Bertz CT molecular complexity index is 924. The molecular formula is C17H18N6O3. The zero-order valence-corrected chi connectivity index (χ0v) is 14.6. The first-order valence-electron chi connectivity index (χ1n) is 7.73. The van der Waals surface area contributed by atoms with E-state index in [0.29, 0.717) is 28.8 Å². The zero-order valence-electron chi connectivity index (χ0n) is 14.6. The summed E-state index contributed by atoms with van der Waals surface area (Å²) in [6, 6.07) is 6.29. The number of benzene rings is 1. The van der Waals surface area contributed by atoms with Gasteiger partial charge in [0, 0.05) is 24.5 Å². The summed E-state index contributed by atoms with van der Waals surface area (Å²) in [6.07, 6.45) is 4.83. The molecule has 0 aliphatic heterocycles. The SMILES string of the molecule is COc1ccc(NC(=O)Nc2cc(-n3ccnc3C)ncn2)c(OC)c1. The predicted octanol–water partition coefficient (Wildman–Crippen LogP) is 2.63. The number of nitrogens with zero attached hydrogens (tertiary/aromatic N) is 4. The Kier molecular flexibility index (Phi) is 4.97. The van der Waals surface area contributed by atoms with Crippen molar-refractivity contribution in [2.24, 2.45) is 0 Å². The first-order chi connectivity index (χ1) is 12.6. The topological polar surface area (TPSA) is 103 Å². The smallest absolute Gasteiger partial charge is 0.324 e. The number of nitrogens with one attached hydrogen (secondary N) is 2. The lowest BCUT2D eigenvalue weighted by molar-refractivity contribution is 0.262.